The molecule has 0 aliphatic heterocycles. The molecule has 6 heteroatoms. The fourth-order valence-electron chi connectivity index (χ4n) is 1.49. The second-order valence-electron chi connectivity index (χ2n) is 3.39. The number of aromatic amines is 1. The SMILES string of the molecule is O=c1[nH]c2ccccc2cc1CS(=O)(=O)Cl. The molecule has 84 valence electrons. The summed E-state index contributed by atoms with van der Waals surface area (Å²) in [5.41, 5.74) is 0.389. The molecule has 0 saturated carbocycles. The lowest BCUT2D eigenvalue weighted by atomic mass is 10.2. The molecule has 1 aromatic heterocycles. The maximum atomic E-state index is 11.5. The highest BCUT2D eigenvalue weighted by Crippen LogP contribution is 2.12. The molecule has 4 nitrogen and oxygen atoms in total. The predicted octanol–water partition coefficient (Wildman–Crippen LogP) is 1.60. The topological polar surface area (TPSA) is 67.0 Å². The zero-order valence-corrected chi connectivity index (χ0v) is 9.68. The fourth-order valence-corrected chi connectivity index (χ4v) is 2.42. The van der Waals surface area contributed by atoms with E-state index in [0.717, 1.165) is 5.39 Å². The smallest absolute Gasteiger partial charge is 0.252 e. The first-order valence-electron chi connectivity index (χ1n) is 4.49. The molecule has 0 fully saturated rings. The van der Waals surface area contributed by atoms with Crippen molar-refractivity contribution in [3.8, 4) is 0 Å². The summed E-state index contributed by atoms with van der Waals surface area (Å²) in [5, 5.41) is 0.775. The van der Waals surface area contributed by atoms with Crippen LogP contribution >= 0.6 is 10.7 Å². The number of hydrogen-bond acceptors (Lipinski definition) is 3. The van der Waals surface area contributed by atoms with Crippen LogP contribution in [0.1, 0.15) is 5.56 Å². The van der Waals surface area contributed by atoms with Crippen LogP contribution in [0.25, 0.3) is 10.9 Å². The van der Waals surface area contributed by atoms with E-state index in [1.165, 1.54) is 6.07 Å². The van der Waals surface area contributed by atoms with Gasteiger partial charge < -0.3 is 4.98 Å². The first kappa shape index (κ1) is 11.2. The Hall–Kier alpha value is -1.33. The van der Waals surface area contributed by atoms with Gasteiger partial charge in [0.2, 0.25) is 9.05 Å². The molecule has 0 radical (unpaired) electrons. The summed E-state index contributed by atoms with van der Waals surface area (Å²) < 4.78 is 21.8. The number of pyridine rings is 1. The third kappa shape index (κ3) is 2.43. The van der Waals surface area contributed by atoms with Crippen molar-refractivity contribution in [2.45, 2.75) is 5.75 Å². The lowest BCUT2D eigenvalue weighted by Crippen LogP contribution is -2.14. The summed E-state index contributed by atoms with van der Waals surface area (Å²) in [4.78, 5) is 14.1. The molecular formula is C10H8ClNO3S. The number of fused-ring (bicyclic) bond motifs is 1. The summed E-state index contributed by atoms with van der Waals surface area (Å²) in [6.07, 6.45) is 0. The molecule has 0 amide bonds. The Morgan fingerprint density at radius 1 is 1.25 bits per heavy atom. The molecule has 1 N–H and O–H groups in total. The average Bonchev–Trinajstić information content (AvgIpc) is 2.17. The highest BCUT2D eigenvalue weighted by atomic mass is 35.7. The number of benzene rings is 1. The van der Waals surface area contributed by atoms with Crippen molar-refractivity contribution >= 4 is 30.6 Å². The van der Waals surface area contributed by atoms with E-state index >= 15 is 0 Å². The zero-order chi connectivity index (χ0) is 11.8. The van der Waals surface area contributed by atoms with E-state index in [2.05, 4.69) is 4.98 Å². The van der Waals surface area contributed by atoms with Crippen LogP contribution in [-0.4, -0.2) is 13.4 Å². The quantitative estimate of drug-likeness (QED) is 0.831. The molecule has 0 aliphatic carbocycles. The van der Waals surface area contributed by atoms with Gasteiger partial charge in [-0.25, -0.2) is 8.42 Å². The Kier molecular flexibility index (Phi) is 2.73. The largest absolute Gasteiger partial charge is 0.322 e. The Morgan fingerprint density at radius 2 is 1.94 bits per heavy atom. The minimum atomic E-state index is -3.72. The van der Waals surface area contributed by atoms with Crippen LogP contribution in [0.2, 0.25) is 0 Å². The van der Waals surface area contributed by atoms with E-state index < -0.39 is 20.4 Å². The minimum Gasteiger partial charge on any atom is -0.322 e. The second kappa shape index (κ2) is 3.92. The van der Waals surface area contributed by atoms with Crippen LogP contribution in [0.5, 0.6) is 0 Å². The fraction of sp³-hybridized carbons (Fsp3) is 0.100. The van der Waals surface area contributed by atoms with Gasteiger partial charge in [0, 0.05) is 21.8 Å². The van der Waals surface area contributed by atoms with Crippen molar-refractivity contribution in [1.82, 2.24) is 4.98 Å². The van der Waals surface area contributed by atoms with E-state index in [4.69, 9.17) is 10.7 Å². The Bertz CT molecular complexity index is 691. The second-order valence-corrected chi connectivity index (χ2v) is 6.17. The van der Waals surface area contributed by atoms with Crippen LogP contribution in [-0.2, 0) is 14.8 Å². The monoisotopic (exact) mass is 257 g/mol. The Balaban J connectivity index is 2.63. The molecule has 0 unspecified atom stereocenters. The van der Waals surface area contributed by atoms with Gasteiger partial charge >= 0.3 is 0 Å². The zero-order valence-electron chi connectivity index (χ0n) is 8.10. The lowest BCUT2D eigenvalue weighted by Gasteiger charge is -2.00. The molecule has 0 bridgehead atoms. The third-order valence-electron chi connectivity index (χ3n) is 2.16. The van der Waals surface area contributed by atoms with Crippen molar-refractivity contribution < 1.29 is 8.42 Å². The summed E-state index contributed by atoms with van der Waals surface area (Å²) in [6.45, 7) is 0. The molecule has 0 saturated heterocycles. The van der Waals surface area contributed by atoms with E-state index in [1.54, 1.807) is 24.3 Å². The van der Waals surface area contributed by atoms with Gasteiger partial charge in [-0.1, -0.05) is 18.2 Å². The normalized spacial score (nSPS) is 11.8. The van der Waals surface area contributed by atoms with E-state index in [-0.39, 0.29) is 5.56 Å². The van der Waals surface area contributed by atoms with Gasteiger partial charge in [-0.2, -0.15) is 0 Å². The Morgan fingerprint density at radius 3 is 2.62 bits per heavy atom. The highest BCUT2D eigenvalue weighted by molar-refractivity contribution is 8.13. The van der Waals surface area contributed by atoms with Gasteiger partial charge in [-0.05, 0) is 17.5 Å². The van der Waals surface area contributed by atoms with E-state index in [0.29, 0.717) is 5.52 Å². The summed E-state index contributed by atoms with van der Waals surface area (Å²) >= 11 is 0. The number of rotatable bonds is 2. The van der Waals surface area contributed by atoms with Crippen LogP contribution in [0.15, 0.2) is 35.1 Å². The van der Waals surface area contributed by atoms with Crippen LogP contribution in [0.3, 0.4) is 0 Å². The molecule has 2 aromatic rings. The number of halogens is 1. The van der Waals surface area contributed by atoms with Crippen molar-refractivity contribution in [3.05, 3.63) is 46.2 Å². The lowest BCUT2D eigenvalue weighted by molar-refractivity contribution is 0.608. The van der Waals surface area contributed by atoms with Crippen LogP contribution in [0, 0.1) is 0 Å². The number of para-hydroxylation sites is 1. The summed E-state index contributed by atoms with van der Waals surface area (Å²) in [6, 6.07) is 8.66. The van der Waals surface area contributed by atoms with Crippen molar-refractivity contribution in [3.63, 3.8) is 0 Å². The molecule has 0 aliphatic rings. The number of hydrogen-bond donors (Lipinski definition) is 1. The highest BCUT2D eigenvalue weighted by Gasteiger charge is 2.11. The number of H-pyrrole nitrogens is 1. The first-order chi connectivity index (χ1) is 7.46. The first-order valence-corrected chi connectivity index (χ1v) is 6.97. The van der Waals surface area contributed by atoms with Gasteiger partial charge in [0.05, 0.1) is 5.75 Å². The number of aromatic nitrogens is 1. The van der Waals surface area contributed by atoms with Crippen molar-refractivity contribution in [2.75, 3.05) is 0 Å². The van der Waals surface area contributed by atoms with Crippen molar-refractivity contribution in [1.29, 1.82) is 0 Å². The minimum absolute atomic E-state index is 0.147. The standard InChI is InChI=1S/C10H8ClNO3S/c11-16(14,15)6-8-5-7-3-1-2-4-9(7)12-10(8)13/h1-5H,6H2,(H,12,13). The molecule has 2 rings (SSSR count). The van der Waals surface area contributed by atoms with Gasteiger partial charge in [-0.15, -0.1) is 0 Å². The Labute approximate surface area is 96.3 Å². The predicted molar refractivity (Wildman–Crippen MR) is 63.0 cm³/mol. The molecule has 16 heavy (non-hydrogen) atoms. The molecule has 0 atom stereocenters. The molecule has 1 heterocycles. The summed E-state index contributed by atoms with van der Waals surface area (Å²) in [5.74, 6) is -0.464. The maximum Gasteiger partial charge on any atom is 0.252 e. The average molecular weight is 258 g/mol. The van der Waals surface area contributed by atoms with Gasteiger partial charge in [-0.3, -0.25) is 4.79 Å². The molecular weight excluding hydrogens is 250 g/mol. The molecule has 1 aromatic carbocycles. The summed E-state index contributed by atoms with van der Waals surface area (Å²) in [7, 11) is 1.39. The van der Waals surface area contributed by atoms with Crippen LogP contribution < -0.4 is 5.56 Å². The maximum absolute atomic E-state index is 11.5. The van der Waals surface area contributed by atoms with Crippen molar-refractivity contribution in [2.24, 2.45) is 0 Å². The van der Waals surface area contributed by atoms with E-state index in [1.807, 2.05) is 0 Å². The van der Waals surface area contributed by atoms with Gasteiger partial charge in [0.15, 0.2) is 0 Å². The van der Waals surface area contributed by atoms with Gasteiger partial charge in [0.1, 0.15) is 0 Å². The molecule has 0 spiro atoms. The van der Waals surface area contributed by atoms with Crippen LogP contribution in [0.4, 0.5) is 0 Å². The number of nitrogens with one attached hydrogen (secondary N) is 1. The van der Waals surface area contributed by atoms with Gasteiger partial charge in [0.25, 0.3) is 5.56 Å². The third-order valence-corrected chi connectivity index (χ3v) is 3.14. The van der Waals surface area contributed by atoms with E-state index in [9.17, 15) is 13.2 Å².